The summed E-state index contributed by atoms with van der Waals surface area (Å²) in [6.45, 7) is 2.15. The third kappa shape index (κ3) is 3.81. The van der Waals surface area contributed by atoms with E-state index in [1.165, 1.54) is 6.08 Å². The van der Waals surface area contributed by atoms with Gasteiger partial charge in [-0.2, -0.15) is 5.10 Å². The lowest BCUT2D eigenvalue weighted by Crippen LogP contribution is -1.94. The van der Waals surface area contributed by atoms with Gasteiger partial charge in [-0.15, -0.1) is 0 Å². The summed E-state index contributed by atoms with van der Waals surface area (Å²) in [6, 6.07) is 13.2. The molecule has 3 rings (SSSR count). The Kier molecular flexibility index (Phi) is 4.61. The van der Waals surface area contributed by atoms with E-state index in [0.29, 0.717) is 29.4 Å². The van der Waals surface area contributed by atoms with Crippen LogP contribution >= 0.6 is 0 Å². The van der Waals surface area contributed by atoms with Gasteiger partial charge in [0.1, 0.15) is 23.9 Å². The molecule has 2 heterocycles. The summed E-state index contributed by atoms with van der Waals surface area (Å²) >= 11 is 0. The fourth-order valence-electron chi connectivity index (χ4n) is 2.32. The van der Waals surface area contributed by atoms with Crippen molar-refractivity contribution in [2.75, 3.05) is 0 Å². The zero-order valence-corrected chi connectivity index (χ0v) is 13.6. The lowest BCUT2D eigenvalue weighted by atomic mass is 10.1. The molecule has 0 bridgehead atoms. The fourth-order valence-corrected chi connectivity index (χ4v) is 2.32. The first kappa shape index (κ1) is 15.8. The summed E-state index contributed by atoms with van der Waals surface area (Å²) in [5, 5.41) is 4.17. The molecule has 0 spiro atoms. The van der Waals surface area contributed by atoms with Crippen molar-refractivity contribution in [3.63, 3.8) is 0 Å². The third-order valence-corrected chi connectivity index (χ3v) is 3.48. The van der Waals surface area contributed by atoms with Crippen molar-refractivity contribution in [3.8, 4) is 5.75 Å². The Balaban J connectivity index is 1.61. The molecule has 0 aliphatic heterocycles. The fraction of sp³-hybridized carbons (Fsp3) is 0.158. The molecule has 5 heteroatoms. The summed E-state index contributed by atoms with van der Waals surface area (Å²) in [5.41, 5.74) is 1.30. The van der Waals surface area contributed by atoms with Gasteiger partial charge in [0.2, 0.25) is 0 Å². The number of rotatable bonds is 6. The van der Waals surface area contributed by atoms with Crippen molar-refractivity contribution in [3.05, 3.63) is 77.5 Å². The van der Waals surface area contributed by atoms with Gasteiger partial charge >= 0.3 is 0 Å². The maximum atomic E-state index is 12.2. The smallest absolute Gasteiger partial charge is 0.189 e. The van der Waals surface area contributed by atoms with Gasteiger partial charge in [-0.3, -0.25) is 9.48 Å². The van der Waals surface area contributed by atoms with Crippen molar-refractivity contribution < 1.29 is 13.9 Å². The number of allylic oxidation sites excluding steroid dienone is 1. The van der Waals surface area contributed by atoms with E-state index >= 15 is 0 Å². The first-order valence-corrected chi connectivity index (χ1v) is 7.61. The molecule has 0 saturated carbocycles. The molecule has 0 fully saturated rings. The summed E-state index contributed by atoms with van der Waals surface area (Å²) in [6.07, 6.45) is 4.86. The molecule has 1 aromatic carbocycles. The van der Waals surface area contributed by atoms with Crippen LogP contribution in [-0.4, -0.2) is 15.6 Å². The van der Waals surface area contributed by atoms with Crippen molar-refractivity contribution in [2.45, 2.75) is 13.5 Å². The number of hydrogen-bond donors (Lipinski definition) is 0. The Morgan fingerprint density at radius 2 is 2.04 bits per heavy atom. The maximum Gasteiger partial charge on any atom is 0.189 e. The summed E-state index contributed by atoms with van der Waals surface area (Å²) in [7, 11) is 1.79. The minimum absolute atomic E-state index is 0.0981. The summed E-state index contributed by atoms with van der Waals surface area (Å²) < 4.78 is 12.9. The second-order valence-electron chi connectivity index (χ2n) is 5.41. The quantitative estimate of drug-likeness (QED) is 0.512. The average molecular weight is 322 g/mol. The Labute approximate surface area is 140 Å². The highest BCUT2D eigenvalue weighted by Gasteiger charge is 2.09. The van der Waals surface area contributed by atoms with Gasteiger partial charge in [0.05, 0.1) is 11.3 Å². The van der Waals surface area contributed by atoms with Gasteiger partial charge in [-0.05, 0) is 43.3 Å². The topological polar surface area (TPSA) is 57.3 Å². The van der Waals surface area contributed by atoms with Crippen LogP contribution in [0.5, 0.6) is 5.75 Å². The van der Waals surface area contributed by atoms with Crippen LogP contribution in [0.4, 0.5) is 0 Å². The minimum atomic E-state index is -0.0981. The molecule has 0 aliphatic rings. The molecule has 0 N–H and O–H groups in total. The van der Waals surface area contributed by atoms with E-state index in [0.717, 1.165) is 5.75 Å². The molecule has 0 aliphatic carbocycles. The number of ketones is 1. The number of aryl methyl sites for hydroxylation is 2. The molecule has 0 amide bonds. The van der Waals surface area contributed by atoms with Gasteiger partial charge in [0, 0.05) is 13.2 Å². The predicted octanol–water partition coefficient (Wildman–Crippen LogP) is 3.80. The van der Waals surface area contributed by atoms with Gasteiger partial charge in [-0.25, -0.2) is 0 Å². The van der Waals surface area contributed by atoms with E-state index in [2.05, 4.69) is 5.10 Å². The molecule has 2 aromatic heterocycles. The van der Waals surface area contributed by atoms with E-state index in [9.17, 15) is 4.79 Å². The molecular formula is C19H18N2O3. The van der Waals surface area contributed by atoms with Crippen molar-refractivity contribution in [1.29, 1.82) is 0 Å². The molecular weight excluding hydrogens is 304 g/mol. The molecule has 24 heavy (non-hydrogen) atoms. The summed E-state index contributed by atoms with van der Waals surface area (Å²) in [5.74, 6) is 1.99. The number of nitrogens with zero attached hydrogens (tertiary/aromatic N) is 2. The normalized spacial score (nSPS) is 11.1. The number of furan rings is 1. The third-order valence-electron chi connectivity index (χ3n) is 3.48. The van der Waals surface area contributed by atoms with Crippen LogP contribution in [0.3, 0.4) is 0 Å². The van der Waals surface area contributed by atoms with Crippen LogP contribution in [0.2, 0.25) is 0 Å². The lowest BCUT2D eigenvalue weighted by molar-refractivity contribution is 0.104. The Morgan fingerprint density at radius 1 is 1.25 bits per heavy atom. The van der Waals surface area contributed by atoms with Gasteiger partial charge in [0.25, 0.3) is 0 Å². The molecule has 0 atom stereocenters. The van der Waals surface area contributed by atoms with Gasteiger partial charge in [-0.1, -0.05) is 18.2 Å². The minimum Gasteiger partial charge on any atom is -0.486 e. The second kappa shape index (κ2) is 7.00. The van der Waals surface area contributed by atoms with Crippen molar-refractivity contribution >= 4 is 11.9 Å². The van der Waals surface area contributed by atoms with E-state index in [1.54, 1.807) is 24.0 Å². The second-order valence-corrected chi connectivity index (χ2v) is 5.41. The number of para-hydroxylation sites is 1. The van der Waals surface area contributed by atoms with E-state index in [4.69, 9.17) is 9.15 Å². The Hall–Kier alpha value is -3.08. The molecule has 0 saturated heterocycles. The molecule has 0 unspecified atom stereocenters. The molecule has 122 valence electrons. The SMILES string of the molecule is Cc1nn(C)cc1C(=O)/C=C/c1ccc(COc2ccccc2)o1. The highest BCUT2D eigenvalue weighted by atomic mass is 16.5. The van der Waals surface area contributed by atoms with Crippen LogP contribution in [0.1, 0.15) is 27.6 Å². The van der Waals surface area contributed by atoms with Crippen LogP contribution in [0.25, 0.3) is 6.08 Å². The molecule has 3 aromatic rings. The van der Waals surface area contributed by atoms with Gasteiger partial charge < -0.3 is 9.15 Å². The number of hydrogen-bond acceptors (Lipinski definition) is 4. The number of carbonyl (C=O) groups excluding carboxylic acids is 1. The monoisotopic (exact) mass is 322 g/mol. The maximum absolute atomic E-state index is 12.2. The first-order valence-electron chi connectivity index (χ1n) is 7.61. The standard InChI is InChI=1S/C19H18N2O3/c1-14-18(12-21(2)20-14)19(22)11-10-16-8-9-17(24-16)13-23-15-6-4-3-5-7-15/h3-12H,13H2,1-2H3/b11-10+. The average Bonchev–Trinajstić information content (AvgIpc) is 3.17. The first-order chi connectivity index (χ1) is 11.6. The van der Waals surface area contributed by atoms with Crippen LogP contribution < -0.4 is 4.74 Å². The largest absolute Gasteiger partial charge is 0.486 e. The highest BCUT2D eigenvalue weighted by molar-refractivity contribution is 6.07. The number of carbonyl (C=O) groups is 1. The van der Waals surface area contributed by atoms with Crippen LogP contribution in [0.15, 0.2) is 59.2 Å². The van der Waals surface area contributed by atoms with E-state index in [1.807, 2.05) is 49.4 Å². The molecule has 0 radical (unpaired) electrons. The summed E-state index contributed by atoms with van der Waals surface area (Å²) in [4.78, 5) is 12.2. The number of ether oxygens (including phenoxy) is 1. The van der Waals surface area contributed by atoms with E-state index < -0.39 is 0 Å². The lowest BCUT2D eigenvalue weighted by Gasteiger charge is -2.02. The predicted molar refractivity (Wildman–Crippen MR) is 90.8 cm³/mol. The van der Waals surface area contributed by atoms with Crippen LogP contribution in [0, 0.1) is 6.92 Å². The van der Waals surface area contributed by atoms with Crippen LogP contribution in [-0.2, 0) is 13.7 Å². The van der Waals surface area contributed by atoms with Gasteiger partial charge in [0.15, 0.2) is 5.78 Å². The van der Waals surface area contributed by atoms with E-state index in [-0.39, 0.29) is 5.78 Å². The zero-order chi connectivity index (χ0) is 16.9. The molecule has 5 nitrogen and oxygen atoms in total. The van der Waals surface area contributed by atoms with Crippen molar-refractivity contribution in [1.82, 2.24) is 9.78 Å². The zero-order valence-electron chi connectivity index (χ0n) is 13.6. The Bertz CT molecular complexity index is 860. The number of benzene rings is 1. The Morgan fingerprint density at radius 3 is 2.75 bits per heavy atom. The highest BCUT2D eigenvalue weighted by Crippen LogP contribution is 2.15. The number of aromatic nitrogens is 2. The van der Waals surface area contributed by atoms with Crippen molar-refractivity contribution in [2.24, 2.45) is 7.05 Å².